The van der Waals surface area contributed by atoms with Crippen LogP contribution in [0.4, 0.5) is 5.69 Å². The summed E-state index contributed by atoms with van der Waals surface area (Å²) in [5, 5.41) is 11.2. The molecule has 2 aliphatic rings. The number of ketones is 1. The smallest absolute Gasteiger partial charge is 0.296 e. The van der Waals surface area contributed by atoms with Crippen molar-refractivity contribution in [3.05, 3.63) is 84.0 Å². The van der Waals surface area contributed by atoms with Gasteiger partial charge in [-0.05, 0) is 6.07 Å². The Kier molecular flexibility index (Phi) is 5.20. The maximum atomic E-state index is 13.9. The number of carbonyl (C=O) groups is 3. The normalized spacial score (nSPS) is 21.8. The van der Waals surface area contributed by atoms with Gasteiger partial charge in [-0.25, -0.2) is 0 Å². The van der Waals surface area contributed by atoms with E-state index in [1.54, 1.807) is 60.7 Å². The third kappa shape index (κ3) is 2.81. The number of hydrogen-bond donors (Lipinski definition) is 1. The maximum Gasteiger partial charge on any atom is 0.296 e. The highest BCUT2D eigenvalue weighted by Gasteiger charge is 2.66. The van der Waals surface area contributed by atoms with E-state index in [0.29, 0.717) is 16.8 Å². The van der Waals surface area contributed by atoms with E-state index < -0.39 is 23.1 Å². The number of benzene rings is 2. The summed E-state index contributed by atoms with van der Waals surface area (Å²) >= 11 is 0. The molecule has 0 unspecified atom stereocenters. The van der Waals surface area contributed by atoms with Gasteiger partial charge in [-0.15, -0.1) is 6.58 Å². The number of aliphatic hydroxyl groups excluding tert-OH is 1. The molecule has 1 atom stereocenters. The van der Waals surface area contributed by atoms with Crippen molar-refractivity contribution in [3.63, 3.8) is 0 Å². The van der Waals surface area contributed by atoms with Gasteiger partial charge in [0.15, 0.2) is 5.54 Å². The van der Waals surface area contributed by atoms with Gasteiger partial charge >= 0.3 is 0 Å². The van der Waals surface area contributed by atoms with Crippen LogP contribution in [0.15, 0.2) is 72.8 Å². The molecule has 0 bridgehead atoms. The number of rotatable bonds is 6. The number of fused-ring (bicyclic) bond motifs is 2. The molecule has 7 nitrogen and oxygen atoms in total. The van der Waals surface area contributed by atoms with Gasteiger partial charge in [0.1, 0.15) is 5.76 Å². The van der Waals surface area contributed by atoms with Crippen molar-refractivity contribution in [1.29, 1.82) is 0 Å². The molecule has 158 valence electrons. The quantitative estimate of drug-likeness (QED) is 0.337. The average Bonchev–Trinajstić information content (AvgIpc) is 3.17. The van der Waals surface area contributed by atoms with Crippen LogP contribution in [0.25, 0.3) is 5.76 Å². The molecular formula is C24H22N2O5. The lowest BCUT2D eigenvalue weighted by molar-refractivity contribution is -0.144. The summed E-state index contributed by atoms with van der Waals surface area (Å²) in [6.45, 7) is 4.05. The molecular weight excluding hydrogens is 396 g/mol. The van der Waals surface area contributed by atoms with Gasteiger partial charge in [0, 0.05) is 31.3 Å². The number of amides is 2. The van der Waals surface area contributed by atoms with Crippen LogP contribution in [0, 0.1) is 0 Å². The molecule has 1 saturated heterocycles. The van der Waals surface area contributed by atoms with Gasteiger partial charge in [-0.3, -0.25) is 14.4 Å². The van der Waals surface area contributed by atoms with Crippen LogP contribution in [0.2, 0.25) is 0 Å². The molecule has 0 radical (unpaired) electrons. The first-order valence-electron chi connectivity index (χ1n) is 9.86. The molecule has 31 heavy (non-hydrogen) atoms. The topological polar surface area (TPSA) is 87.2 Å². The molecule has 2 amide bonds. The average molecular weight is 418 g/mol. The number of para-hydroxylation sites is 1. The summed E-state index contributed by atoms with van der Waals surface area (Å²) in [7, 11) is 1.47. The summed E-state index contributed by atoms with van der Waals surface area (Å²) in [5.74, 6) is -2.62. The van der Waals surface area contributed by atoms with Crippen molar-refractivity contribution in [1.82, 2.24) is 4.90 Å². The van der Waals surface area contributed by atoms with Crippen molar-refractivity contribution in [2.24, 2.45) is 0 Å². The highest BCUT2D eigenvalue weighted by molar-refractivity contribution is 6.50. The van der Waals surface area contributed by atoms with Crippen LogP contribution in [-0.2, 0) is 24.7 Å². The van der Waals surface area contributed by atoms with Crippen LogP contribution < -0.4 is 4.90 Å². The van der Waals surface area contributed by atoms with E-state index >= 15 is 0 Å². The third-order valence-corrected chi connectivity index (χ3v) is 5.69. The van der Waals surface area contributed by atoms with Gasteiger partial charge in [-0.2, -0.15) is 0 Å². The van der Waals surface area contributed by atoms with Crippen LogP contribution in [0.1, 0.15) is 11.1 Å². The fourth-order valence-corrected chi connectivity index (χ4v) is 4.40. The molecule has 1 N–H and O–H groups in total. The number of likely N-dealkylation sites (tertiary alicyclic amines) is 1. The maximum absolute atomic E-state index is 13.9. The lowest BCUT2D eigenvalue weighted by Crippen LogP contribution is -2.52. The van der Waals surface area contributed by atoms with E-state index in [0.717, 1.165) is 0 Å². The SMILES string of the molecule is C=CCN1C(=O)[C@]2(C(=C(O)c3ccccc3)C(=O)C(=O)N2CCOC)c2ccccc21. The lowest BCUT2D eigenvalue weighted by Gasteiger charge is -2.34. The monoisotopic (exact) mass is 418 g/mol. The first-order valence-corrected chi connectivity index (χ1v) is 9.86. The second-order valence-electron chi connectivity index (χ2n) is 7.30. The van der Waals surface area contributed by atoms with Gasteiger partial charge in [0.2, 0.25) is 0 Å². The van der Waals surface area contributed by atoms with Crippen molar-refractivity contribution in [2.45, 2.75) is 5.54 Å². The number of ether oxygens (including phenoxy) is 1. The van der Waals surface area contributed by atoms with Crippen LogP contribution in [0.3, 0.4) is 0 Å². The van der Waals surface area contributed by atoms with E-state index in [2.05, 4.69) is 6.58 Å². The molecule has 2 aromatic rings. The molecule has 2 aromatic carbocycles. The van der Waals surface area contributed by atoms with Crippen molar-refractivity contribution < 1.29 is 24.2 Å². The Hall–Kier alpha value is -3.71. The highest BCUT2D eigenvalue weighted by Crippen LogP contribution is 2.53. The van der Waals surface area contributed by atoms with E-state index in [-0.39, 0.29) is 31.0 Å². The third-order valence-electron chi connectivity index (χ3n) is 5.69. The zero-order valence-corrected chi connectivity index (χ0v) is 17.1. The first kappa shape index (κ1) is 20.6. The number of Topliss-reactive ketones (excluding diaryl/α,β-unsaturated/α-hetero) is 1. The van der Waals surface area contributed by atoms with Crippen molar-refractivity contribution in [2.75, 3.05) is 31.7 Å². The molecule has 2 heterocycles. The summed E-state index contributed by atoms with van der Waals surface area (Å²) < 4.78 is 5.14. The number of methoxy groups -OCH3 is 1. The lowest BCUT2D eigenvalue weighted by atomic mass is 9.82. The fourth-order valence-electron chi connectivity index (χ4n) is 4.40. The van der Waals surface area contributed by atoms with Crippen LogP contribution in [0.5, 0.6) is 0 Å². The van der Waals surface area contributed by atoms with E-state index in [1.807, 2.05) is 0 Å². The fraction of sp³-hybridized carbons (Fsp3) is 0.208. The molecule has 0 aromatic heterocycles. The second kappa shape index (κ2) is 7.85. The minimum Gasteiger partial charge on any atom is -0.507 e. The molecule has 7 heteroatoms. The van der Waals surface area contributed by atoms with Crippen LogP contribution in [-0.4, -0.2) is 54.4 Å². The Bertz CT molecular complexity index is 1110. The van der Waals surface area contributed by atoms with Crippen molar-refractivity contribution in [3.8, 4) is 0 Å². The number of carbonyl (C=O) groups excluding carboxylic acids is 3. The predicted octanol–water partition coefficient (Wildman–Crippen LogP) is 2.44. The molecule has 1 spiro atoms. The van der Waals surface area contributed by atoms with E-state index in [1.165, 1.54) is 16.9 Å². The van der Waals surface area contributed by atoms with E-state index in [4.69, 9.17) is 4.74 Å². The molecule has 0 saturated carbocycles. The first-order chi connectivity index (χ1) is 15.0. The predicted molar refractivity (Wildman–Crippen MR) is 115 cm³/mol. The Morgan fingerprint density at radius 2 is 1.77 bits per heavy atom. The molecule has 2 aliphatic heterocycles. The summed E-state index contributed by atoms with van der Waals surface area (Å²) in [5.41, 5.74) is -0.625. The van der Waals surface area contributed by atoms with Crippen molar-refractivity contribution >= 4 is 29.0 Å². The summed E-state index contributed by atoms with van der Waals surface area (Å²) in [6, 6.07) is 15.4. The summed E-state index contributed by atoms with van der Waals surface area (Å²) in [6.07, 6.45) is 1.58. The number of aliphatic hydroxyl groups is 1. The zero-order valence-electron chi connectivity index (χ0n) is 17.1. The minimum absolute atomic E-state index is 0.00858. The van der Waals surface area contributed by atoms with Gasteiger partial charge in [0.05, 0.1) is 17.9 Å². The largest absolute Gasteiger partial charge is 0.507 e. The number of nitrogens with zero attached hydrogens (tertiary/aromatic N) is 2. The Balaban J connectivity index is 2.07. The molecule has 0 aliphatic carbocycles. The summed E-state index contributed by atoms with van der Waals surface area (Å²) in [4.78, 5) is 43.0. The minimum atomic E-state index is -1.77. The number of hydrogen-bond acceptors (Lipinski definition) is 5. The second-order valence-corrected chi connectivity index (χ2v) is 7.30. The molecule has 1 fully saturated rings. The Morgan fingerprint density at radius 1 is 1.10 bits per heavy atom. The van der Waals surface area contributed by atoms with E-state index in [9.17, 15) is 19.5 Å². The Labute approximate surface area is 179 Å². The highest BCUT2D eigenvalue weighted by atomic mass is 16.5. The Morgan fingerprint density at radius 3 is 2.45 bits per heavy atom. The number of anilines is 1. The zero-order chi connectivity index (χ0) is 22.2. The molecule has 4 rings (SSSR count). The van der Waals surface area contributed by atoms with Gasteiger partial charge in [0.25, 0.3) is 17.6 Å². The van der Waals surface area contributed by atoms with Gasteiger partial charge < -0.3 is 19.6 Å². The van der Waals surface area contributed by atoms with Crippen LogP contribution >= 0.6 is 0 Å². The van der Waals surface area contributed by atoms with Gasteiger partial charge in [-0.1, -0.05) is 54.6 Å². The standard InChI is InChI=1S/C24H22N2O5/c1-3-13-25-18-12-8-7-11-17(18)24(23(25)30)19(20(27)16-9-5-4-6-10-16)21(28)22(29)26(24)14-15-31-2/h3-12,27H,1,13-15H2,2H3/t24-/m1/s1.